The average molecular weight is 276 g/mol. The zero-order chi connectivity index (χ0) is 13.9. The van der Waals surface area contributed by atoms with Crippen LogP contribution in [0.25, 0.3) is 0 Å². The number of nitrogens with one attached hydrogen (secondary N) is 1. The second-order valence-corrected chi connectivity index (χ2v) is 6.18. The fourth-order valence-corrected chi connectivity index (χ4v) is 2.98. The SMILES string of the molecule is CCc1nnc(NCC2(SC)CC2)c(C#N)c1CC. The maximum absolute atomic E-state index is 9.39. The van der Waals surface area contributed by atoms with Crippen LogP contribution in [-0.2, 0) is 12.8 Å². The molecule has 1 aromatic rings. The second kappa shape index (κ2) is 5.79. The lowest BCUT2D eigenvalue weighted by Gasteiger charge is -2.16. The van der Waals surface area contributed by atoms with E-state index in [1.807, 2.05) is 18.7 Å². The molecule has 19 heavy (non-hydrogen) atoms. The largest absolute Gasteiger partial charge is 0.366 e. The monoisotopic (exact) mass is 276 g/mol. The first kappa shape index (κ1) is 14.1. The molecule has 1 aliphatic rings. The third-order valence-corrected chi connectivity index (χ3v) is 5.20. The molecule has 0 amide bonds. The lowest BCUT2D eigenvalue weighted by molar-refractivity contribution is 0.858. The minimum Gasteiger partial charge on any atom is -0.366 e. The van der Waals surface area contributed by atoms with Crippen LogP contribution in [-0.4, -0.2) is 27.7 Å². The van der Waals surface area contributed by atoms with Gasteiger partial charge in [-0.3, -0.25) is 0 Å². The van der Waals surface area contributed by atoms with Crippen molar-refractivity contribution in [2.24, 2.45) is 0 Å². The summed E-state index contributed by atoms with van der Waals surface area (Å²) in [6, 6.07) is 2.29. The summed E-state index contributed by atoms with van der Waals surface area (Å²) in [5.41, 5.74) is 2.65. The van der Waals surface area contributed by atoms with Gasteiger partial charge in [0, 0.05) is 11.3 Å². The van der Waals surface area contributed by atoms with E-state index in [1.54, 1.807) is 0 Å². The summed E-state index contributed by atoms with van der Waals surface area (Å²) in [5, 5.41) is 21.2. The zero-order valence-electron chi connectivity index (χ0n) is 11.8. The predicted octanol–water partition coefficient (Wildman–Crippen LogP) is 2.78. The van der Waals surface area contributed by atoms with Crippen molar-refractivity contribution in [1.82, 2.24) is 10.2 Å². The molecule has 0 radical (unpaired) electrons. The summed E-state index contributed by atoms with van der Waals surface area (Å²) >= 11 is 1.89. The van der Waals surface area contributed by atoms with E-state index >= 15 is 0 Å². The molecule has 1 fully saturated rings. The Morgan fingerprint density at radius 1 is 1.32 bits per heavy atom. The molecule has 5 heteroatoms. The second-order valence-electron chi connectivity index (χ2n) is 4.91. The minimum atomic E-state index is 0.351. The highest BCUT2D eigenvalue weighted by atomic mass is 32.2. The Labute approximate surface area is 119 Å². The summed E-state index contributed by atoms with van der Waals surface area (Å²) in [6.07, 6.45) is 6.27. The van der Waals surface area contributed by atoms with Gasteiger partial charge in [-0.15, -0.1) is 5.10 Å². The normalized spacial score (nSPS) is 15.9. The molecule has 1 saturated carbocycles. The number of nitriles is 1. The van der Waals surface area contributed by atoms with E-state index in [2.05, 4.69) is 34.8 Å². The Morgan fingerprint density at radius 3 is 2.53 bits per heavy atom. The van der Waals surface area contributed by atoms with Crippen LogP contribution in [0.1, 0.15) is 43.5 Å². The summed E-state index contributed by atoms with van der Waals surface area (Å²) in [5.74, 6) is 0.650. The lowest BCUT2D eigenvalue weighted by atomic mass is 10.0. The van der Waals surface area contributed by atoms with E-state index in [4.69, 9.17) is 0 Å². The van der Waals surface area contributed by atoms with Crippen LogP contribution in [0.15, 0.2) is 0 Å². The number of aromatic nitrogens is 2. The Bertz CT molecular complexity index is 503. The van der Waals surface area contributed by atoms with Crippen LogP contribution < -0.4 is 5.32 Å². The van der Waals surface area contributed by atoms with Gasteiger partial charge in [-0.2, -0.15) is 22.1 Å². The molecule has 0 spiro atoms. The van der Waals surface area contributed by atoms with E-state index in [0.717, 1.165) is 30.6 Å². The zero-order valence-corrected chi connectivity index (χ0v) is 12.6. The van der Waals surface area contributed by atoms with Gasteiger partial charge in [0.05, 0.1) is 5.69 Å². The van der Waals surface area contributed by atoms with Crippen molar-refractivity contribution in [1.29, 1.82) is 5.26 Å². The van der Waals surface area contributed by atoms with E-state index in [9.17, 15) is 5.26 Å². The number of rotatable bonds is 6. The topological polar surface area (TPSA) is 61.6 Å². The van der Waals surface area contributed by atoms with Gasteiger partial charge < -0.3 is 5.32 Å². The van der Waals surface area contributed by atoms with E-state index < -0.39 is 0 Å². The maximum Gasteiger partial charge on any atom is 0.166 e. The Balaban J connectivity index is 2.23. The summed E-state index contributed by atoms with van der Waals surface area (Å²) in [7, 11) is 0. The summed E-state index contributed by atoms with van der Waals surface area (Å²) in [6.45, 7) is 4.97. The lowest BCUT2D eigenvalue weighted by Crippen LogP contribution is -2.20. The van der Waals surface area contributed by atoms with E-state index in [0.29, 0.717) is 16.1 Å². The molecule has 2 rings (SSSR count). The van der Waals surface area contributed by atoms with Gasteiger partial charge in [-0.05, 0) is 37.5 Å². The molecular formula is C14H20N4S. The molecule has 1 aliphatic carbocycles. The molecule has 0 aliphatic heterocycles. The standard InChI is InChI=1S/C14H20N4S/c1-4-10-11(8-15)13(18-17-12(10)5-2)16-9-14(19-3)6-7-14/h4-7,9H2,1-3H3,(H,16,18). The van der Waals surface area contributed by atoms with Gasteiger partial charge in [0.25, 0.3) is 0 Å². The predicted molar refractivity (Wildman–Crippen MR) is 79.5 cm³/mol. The molecule has 0 saturated heterocycles. The van der Waals surface area contributed by atoms with Gasteiger partial charge in [-0.25, -0.2) is 0 Å². The van der Waals surface area contributed by atoms with Gasteiger partial charge in [-0.1, -0.05) is 13.8 Å². The van der Waals surface area contributed by atoms with Crippen LogP contribution in [0.5, 0.6) is 0 Å². The molecular weight excluding hydrogens is 256 g/mol. The van der Waals surface area contributed by atoms with E-state index in [1.165, 1.54) is 12.8 Å². The van der Waals surface area contributed by atoms with Crippen molar-refractivity contribution in [3.63, 3.8) is 0 Å². The third-order valence-electron chi connectivity index (χ3n) is 3.78. The smallest absolute Gasteiger partial charge is 0.166 e. The van der Waals surface area contributed by atoms with Gasteiger partial charge in [0.1, 0.15) is 11.6 Å². The highest BCUT2D eigenvalue weighted by Gasteiger charge is 2.41. The van der Waals surface area contributed by atoms with Gasteiger partial charge in [0.15, 0.2) is 5.82 Å². The van der Waals surface area contributed by atoms with Crippen LogP contribution in [0.3, 0.4) is 0 Å². The molecule has 0 unspecified atom stereocenters. The molecule has 1 aromatic heterocycles. The highest BCUT2D eigenvalue weighted by Crippen LogP contribution is 2.47. The van der Waals surface area contributed by atoms with Crippen molar-refractivity contribution in [2.75, 3.05) is 18.1 Å². The Morgan fingerprint density at radius 2 is 2.05 bits per heavy atom. The third kappa shape index (κ3) is 2.84. The van der Waals surface area contributed by atoms with Crippen molar-refractivity contribution in [2.45, 2.75) is 44.3 Å². The molecule has 0 atom stereocenters. The first-order valence-corrected chi connectivity index (χ1v) is 7.99. The molecule has 1 heterocycles. The van der Waals surface area contributed by atoms with Crippen molar-refractivity contribution >= 4 is 17.6 Å². The fraction of sp³-hybridized carbons (Fsp3) is 0.643. The first-order valence-electron chi connectivity index (χ1n) is 6.77. The van der Waals surface area contributed by atoms with E-state index in [-0.39, 0.29) is 0 Å². The Hall–Kier alpha value is -1.28. The number of hydrogen-bond donors (Lipinski definition) is 1. The highest BCUT2D eigenvalue weighted by molar-refractivity contribution is 8.00. The van der Waals surface area contributed by atoms with Crippen molar-refractivity contribution in [3.05, 3.63) is 16.8 Å². The first-order chi connectivity index (χ1) is 9.19. The molecule has 4 nitrogen and oxygen atoms in total. The van der Waals surface area contributed by atoms with Crippen molar-refractivity contribution in [3.8, 4) is 6.07 Å². The molecule has 0 bridgehead atoms. The van der Waals surface area contributed by atoms with Crippen LogP contribution in [0, 0.1) is 11.3 Å². The maximum atomic E-state index is 9.39. The summed E-state index contributed by atoms with van der Waals surface area (Å²) < 4.78 is 0.351. The van der Waals surface area contributed by atoms with Gasteiger partial charge >= 0.3 is 0 Å². The fourth-order valence-electron chi connectivity index (χ4n) is 2.25. The van der Waals surface area contributed by atoms with Crippen LogP contribution in [0.4, 0.5) is 5.82 Å². The number of anilines is 1. The van der Waals surface area contributed by atoms with Crippen LogP contribution >= 0.6 is 11.8 Å². The Kier molecular flexibility index (Phi) is 4.31. The summed E-state index contributed by atoms with van der Waals surface area (Å²) in [4.78, 5) is 0. The quantitative estimate of drug-likeness (QED) is 0.865. The number of nitrogens with zero attached hydrogens (tertiary/aromatic N) is 3. The van der Waals surface area contributed by atoms with Crippen molar-refractivity contribution < 1.29 is 0 Å². The molecule has 0 aromatic carbocycles. The molecule has 102 valence electrons. The number of aryl methyl sites for hydroxylation is 1. The average Bonchev–Trinajstić information content (AvgIpc) is 3.24. The minimum absolute atomic E-state index is 0.351. The van der Waals surface area contributed by atoms with Crippen LogP contribution in [0.2, 0.25) is 0 Å². The number of thioether (sulfide) groups is 1. The van der Waals surface area contributed by atoms with Gasteiger partial charge in [0.2, 0.25) is 0 Å². The molecule has 1 N–H and O–H groups in total. The number of hydrogen-bond acceptors (Lipinski definition) is 5.